The van der Waals surface area contributed by atoms with Gasteiger partial charge in [-0.2, -0.15) is 8.78 Å². The van der Waals surface area contributed by atoms with Gasteiger partial charge in [0.25, 0.3) is 0 Å². The molecule has 3 aromatic heterocycles. The minimum absolute atomic E-state index is 0.00211. The van der Waals surface area contributed by atoms with E-state index in [4.69, 9.17) is 5.73 Å². The summed E-state index contributed by atoms with van der Waals surface area (Å²) in [5.74, 6) is -0.00211. The van der Waals surface area contributed by atoms with Crippen LogP contribution in [0.25, 0.3) is 11.2 Å². The number of aromatic nitrogens is 4. The molecule has 0 aliphatic heterocycles. The van der Waals surface area contributed by atoms with E-state index in [1.165, 1.54) is 12.3 Å². The number of hydrogen-bond donors (Lipinski definition) is 1. The molecule has 0 aromatic carbocycles. The SMILES string of the molecule is Cc1nc2nonc2c(N)c1Cc1ccc(OC(F)F)cn1. The average molecular weight is 307 g/mol. The number of nitrogens with zero attached hydrogens (tertiary/aromatic N) is 4. The van der Waals surface area contributed by atoms with Crippen molar-refractivity contribution in [2.75, 3.05) is 5.73 Å². The quantitative estimate of drug-likeness (QED) is 0.787. The molecule has 0 bridgehead atoms. The van der Waals surface area contributed by atoms with Crippen LogP contribution in [0.3, 0.4) is 0 Å². The Labute approximate surface area is 123 Å². The highest BCUT2D eigenvalue weighted by molar-refractivity contribution is 5.85. The first-order chi connectivity index (χ1) is 10.5. The van der Waals surface area contributed by atoms with Gasteiger partial charge in [0.1, 0.15) is 5.75 Å². The van der Waals surface area contributed by atoms with Crippen LogP contribution in [0, 0.1) is 6.92 Å². The largest absolute Gasteiger partial charge is 0.433 e. The third-order valence-electron chi connectivity index (χ3n) is 3.14. The maximum atomic E-state index is 12.1. The van der Waals surface area contributed by atoms with Gasteiger partial charge in [-0.1, -0.05) is 0 Å². The molecule has 0 fully saturated rings. The van der Waals surface area contributed by atoms with E-state index in [9.17, 15) is 8.78 Å². The Morgan fingerprint density at radius 1 is 1.32 bits per heavy atom. The molecular weight excluding hydrogens is 296 g/mol. The number of ether oxygens (including phenoxy) is 1. The summed E-state index contributed by atoms with van der Waals surface area (Å²) in [6.07, 6.45) is 1.61. The molecule has 0 saturated heterocycles. The first-order valence-electron chi connectivity index (χ1n) is 6.31. The summed E-state index contributed by atoms with van der Waals surface area (Å²) in [6, 6.07) is 3.01. The molecular formula is C13H11F2N5O2. The molecule has 3 aromatic rings. The van der Waals surface area contributed by atoms with Crippen LogP contribution in [0.4, 0.5) is 14.5 Å². The summed E-state index contributed by atoms with van der Waals surface area (Å²) in [6.45, 7) is -1.09. The molecule has 3 rings (SSSR count). The van der Waals surface area contributed by atoms with Crippen molar-refractivity contribution in [2.24, 2.45) is 0 Å². The van der Waals surface area contributed by atoms with Crippen molar-refractivity contribution in [3.8, 4) is 5.75 Å². The summed E-state index contributed by atoms with van der Waals surface area (Å²) in [5, 5.41) is 7.36. The summed E-state index contributed by atoms with van der Waals surface area (Å²) in [5.41, 5.74) is 9.24. The van der Waals surface area contributed by atoms with E-state index in [1.54, 1.807) is 13.0 Å². The standard InChI is InChI=1S/C13H11F2N5O2/c1-6-9(10(16)11-12(18-6)20-22-19-11)4-7-2-3-8(5-17-7)21-13(14)15/h2-3,5,13H,4,16H2,1H3. The van der Waals surface area contributed by atoms with E-state index in [1.807, 2.05) is 0 Å². The zero-order valence-corrected chi connectivity index (χ0v) is 11.5. The summed E-state index contributed by atoms with van der Waals surface area (Å²) >= 11 is 0. The Balaban J connectivity index is 1.89. The van der Waals surface area contributed by atoms with Crippen molar-refractivity contribution < 1.29 is 18.1 Å². The van der Waals surface area contributed by atoms with Gasteiger partial charge in [0, 0.05) is 23.4 Å². The third kappa shape index (κ3) is 2.65. The van der Waals surface area contributed by atoms with Crippen LogP contribution in [0.5, 0.6) is 5.75 Å². The second-order valence-electron chi connectivity index (χ2n) is 4.57. The van der Waals surface area contributed by atoms with Crippen molar-refractivity contribution in [3.63, 3.8) is 0 Å². The lowest BCUT2D eigenvalue weighted by Crippen LogP contribution is -2.05. The molecule has 0 spiro atoms. The lowest BCUT2D eigenvalue weighted by atomic mass is 10.1. The van der Waals surface area contributed by atoms with Crippen LogP contribution in [-0.2, 0) is 6.42 Å². The van der Waals surface area contributed by atoms with Crippen LogP contribution in [0.15, 0.2) is 23.0 Å². The van der Waals surface area contributed by atoms with E-state index in [2.05, 4.69) is 29.6 Å². The van der Waals surface area contributed by atoms with Gasteiger partial charge in [0.15, 0.2) is 5.52 Å². The molecule has 0 amide bonds. The molecule has 114 valence electrons. The van der Waals surface area contributed by atoms with E-state index < -0.39 is 6.61 Å². The average Bonchev–Trinajstić information content (AvgIpc) is 2.93. The Morgan fingerprint density at radius 3 is 2.82 bits per heavy atom. The number of hydrogen-bond acceptors (Lipinski definition) is 7. The van der Waals surface area contributed by atoms with E-state index in [0.717, 1.165) is 5.56 Å². The number of halogens is 2. The first-order valence-corrected chi connectivity index (χ1v) is 6.31. The fourth-order valence-corrected chi connectivity index (χ4v) is 2.08. The number of nitrogen functional groups attached to an aromatic ring is 1. The van der Waals surface area contributed by atoms with Crippen molar-refractivity contribution in [3.05, 3.63) is 35.3 Å². The highest BCUT2D eigenvalue weighted by atomic mass is 19.3. The number of aryl methyl sites for hydroxylation is 1. The molecule has 0 aliphatic rings. The number of alkyl halides is 2. The van der Waals surface area contributed by atoms with Crippen molar-refractivity contribution in [2.45, 2.75) is 20.0 Å². The van der Waals surface area contributed by atoms with E-state index in [0.29, 0.717) is 34.7 Å². The first kappa shape index (κ1) is 14.1. The normalized spacial score (nSPS) is 11.3. The van der Waals surface area contributed by atoms with Crippen molar-refractivity contribution in [1.29, 1.82) is 0 Å². The maximum absolute atomic E-state index is 12.1. The second-order valence-corrected chi connectivity index (χ2v) is 4.57. The fraction of sp³-hybridized carbons (Fsp3) is 0.231. The summed E-state index contributed by atoms with van der Waals surface area (Å²) < 4.78 is 33.1. The summed E-state index contributed by atoms with van der Waals surface area (Å²) in [4.78, 5) is 8.33. The Kier molecular flexibility index (Phi) is 3.53. The predicted molar refractivity (Wildman–Crippen MR) is 72.4 cm³/mol. The van der Waals surface area contributed by atoms with Crippen LogP contribution in [-0.4, -0.2) is 26.9 Å². The number of pyridine rings is 2. The van der Waals surface area contributed by atoms with Crippen molar-refractivity contribution in [1.82, 2.24) is 20.3 Å². The van der Waals surface area contributed by atoms with Gasteiger partial charge in [-0.3, -0.25) is 4.98 Å². The number of fused-ring (bicyclic) bond motifs is 1. The van der Waals surface area contributed by atoms with Gasteiger partial charge < -0.3 is 10.5 Å². The van der Waals surface area contributed by atoms with Crippen LogP contribution >= 0.6 is 0 Å². The fourth-order valence-electron chi connectivity index (χ4n) is 2.08. The molecule has 0 atom stereocenters. The molecule has 2 N–H and O–H groups in total. The minimum Gasteiger partial charge on any atom is -0.433 e. The van der Waals surface area contributed by atoms with Gasteiger partial charge in [-0.25, -0.2) is 9.61 Å². The van der Waals surface area contributed by atoms with Crippen LogP contribution in [0.2, 0.25) is 0 Å². The molecule has 3 heterocycles. The van der Waals surface area contributed by atoms with Gasteiger partial charge in [-0.15, -0.1) is 0 Å². The van der Waals surface area contributed by atoms with Crippen LogP contribution in [0.1, 0.15) is 17.0 Å². The Bertz CT molecular complexity index is 804. The monoisotopic (exact) mass is 307 g/mol. The lowest BCUT2D eigenvalue weighted by molar-refractivity contribution is -0.0500. The smallest absolute Gasteiger partial charge is 0.387 e. The molecule has 0 radical (unpaired) electrons. The molecule has 0 saturated carbocycles. The van der Waals surface area contributed by atoms with Gasteiger partial charge in [0.05, 0.1) is 11.9 Å². The van der Waals surface area contributed by atoms with Crippen molar-refractivity contribution >= 4 is 16.9 Å². The Morgan fingerprint density at radius 2 is 2.14 bits per heavy atom. The molecule has 9 heteroatoms. The zero-order valence-electron chi connectivity index (χ0n) is 11.5. The molecule has 0 unspecified atom stereocenters. The van der Waals surface area contributed by atoms with Crippen LogP contribution < -0.4 is 10.5 Å². The molecule has 22 heavy (non-hydrogen) atoms. The zero-order chi connectivity index (χ0) is 15.7. The van der Waals surface area contributed by atoms with E-state index >= 15 is 0 Å². The van der Waals surface area contributed by atoms with E-state index in [-0.39, 0.29) is 5.75 Å². The predicted octanol–water partition coefficient (Wildman–Crippen LogP) is 2.10. The van der Waals surface area contributed by atoms with Gasteiger partial charge in [0.2, 0.25) is 5.65 Å². The maximum Gasteiger partial charge on any atom is 0.387 e. The highest BCUT2D eigenvalue weighted by Gasteiger charge is 2.15. The minimum atomic E-state index is -2.88. The summed E-state index contributed by atoms with van der Waals surface area (Å²) in [7, 11) is 0. The number of anilines is 1. The number of nitrogens with two attached hydrogens (primary N) is 1. The van der Waals surface area contributed by atoms with Gasteiger partial charge >= 0.3 is 6.61 Å². The molecule has 7 nitrogen and oxygen atoms in total. The topological polar surface area (TPSA) is 100.0 Å². The molecule has 0 aliphatic carbocycles. The lowest BCUT2D eigenvalue weighted by Gasteiger charge is -2.09. The number of rotatable bonds is 4. The Hall–Kier alpha value is -2.84. The van der Waals surface area contributed by atoms with Gasteiger partial charge in [-0.05, 0) is 29.4 Å². The third-order valence-corrected chi connectivity index (χ3v) is 3.14. The highest BCUT2D eigenvalue weighted by Crippen LogP contribution is 2.25. The second kappa shape index (κ2) is 5.51.